The van der Waals surface area contributed by atoms with Crippen molar-refractivity contribution in [1.29, 1.82) is 0 Å². The fraction of sp³-hybridized carbons (Fsp3) is 0.625. The molecule has 0 aromatic carbocycles. The molecule has 0 saturated heterocycles. The van der Waals surface area contributed by atoms with Crippen LogP contribution >= 0.6 is 0 Å². The second-order valence-corrected chi connectivity index (χ2v) is 2.94. The molecule has 0 aliphatic rings. The molecule has 0 aliphatic carbocycles. The molecule has 4 nitrogen and oxygen atoms in total. The Balaban J connectivity index is 3.67. The lowest BCUT2D eigenvalue weighted by Crippen LogP contribution is -2.40. The van der Waals surface area contributed by atoms with E-state index in [0.29, 0.717) is 13.1 Å². The smallest absolute Gasteiger partial charge is 0.219 e. The Hall–Kier alpha value is -0.870. The number of nitrogens with one attached hydrogen (secondary N) is 1. The lowest BCUT2D eigenvalue weighted by molar-refractivity contribution is -0.118. The van der Waals surface area contributed by atoms with Crippen molar-refractivity contribution in [2.75, 3.05) is 13.1 Å². The second-order valence-electron chi connectivity index (χ2n) is 2.94. The standard InChI is InChI=1S/C8H17N3O/c1-6(2)5-11-7(4-9)3-8(10)12/h7,11H,1,3-5,9H2,2H3,(H2,10,12). The van der Waals surface area contributed by atoms with Crippen molar-refractivity contribution in [2.45, 2.75) is 19.4 Å². The van der Waals surface area contributed by atoms with E-state index in [1.165, 1.54) is 0 Å². The highest BCUT2D eigenvalue weighted by Gasteiger charge is 2.08. The van der Waals surface area contributed by atoms with Gasteiger partial charge in [-0.15, -0.1) is 0 Å². The van der Waals surface area contributed by atoms with Crippen LogP contribution in [-0.2, 0) is 4.79 Å². The summed E-state index contributed by atoms with van der Waals surface area (Å²) in [6.45, 7) is 6.72. The topological polar surface area (TPSA) is 81.1 Å². The van der Waals surface area contributed by atoms with Crippen molar-refractivity contribution >= 4 is 5.91 Å². The molecular formula is C8H17N3O. The van der Waals surface area contributed by atoms with Gasteiger partial charge < -0.3 is 16.8 Å². The summed E-state index contributed by atoms with van der Waals surface area (Å²) < 4.78 is 0. The summed E-state index contributed by atoms with van der Waals surface area (Å²) in [5.74, 6) is -0.334. The van der Waals surface area contributed by atoms with Crippen LogP contribution in [0.3, 0.4) is 0 Å². The Labute approximate surface area is 73.0 Å². The van der Waals surface area contributed by atoms with E-state index < -0.39 is 0 Å². The van der Waals surface area contributed by atoms with Gasteiger partial charge in [0.25, 0.3) is 0 Å². The van der Waals surface area contributed by atoms with Crippen LogP contribution in [0.4, 0.5) is 0 Å². The van der Waals surface area contributed by atoms with E-state index in [1.54, 1.807) is 0 Å². The maximum atomic E-state index is 10.5. The highest BCUT2D eigenvalue weighted by atomic mass is 16.1. The van der Waals surface area contributed by atoms with Gasteiger partial charge in [-0.2, -0.15) is 0 Å². The molecule has 0 spiro atoms. The van der Waals surface area contributed by atoms with Crippen molar-refractivity contribution in [3.63, 3.8) is 0 Å². The Morgan fingerprint density at radius 3 is 2.58 bits per heavy atom. The first-order valence-corrected chi connectivity index (χ1v) is 3.92. The summed E-state index contributed by atoms with van der Waals surface area (Å²) in [6.07, 6.45) is 0.282. The number of rotatable bonds is 6. The Morgan fingerprint density at radius 1 is 1.67 bits per heavy atom. The fourth-order valence-electron chi connectivity index (χ4n) is 0.800. The molecule has 1 unspecified atom stereocenters. The van der Waals surface area contributed by atoms with E-state index in [2.05, 4.69) is 11.9 Å². The Morgan fingerprint density at radius 2 is 2.25 bits per heavy atom. The first kappa shape index (κ1) is 11.1. The van der Waals surface area contributed by atoms with Gasteiger partial charge in [0.2, 0.25) is 5.91 Å². The first-order chi connectivity index (χ1) is 5.56. The van der Waals surface area contributed by atoms with Crippen LogP contribution in [0.5, 0.6) is 0 Å². The lowest BCUT2D eigenvalue weighted by atomic mass is 10.2. The van der Waals surface area contributed by atoms with E-state index in [0.717, 1.165) is 5.57 Å². The molecule has 5 N–H and O–H groups in total. The van der Waals surface area contributed by atoms with Crippen LogP contribution in [0.25, 0.3) is 0 Å². The van der Waals surface area contributed by atoms with Gasteiger partial charge in [0.15, 0.2) is 0 Å². The number of hydrogen-bond acceptors (Lipinski definition) is 3. The van der Waals surface area contributed by atoms with Crippen molar-refractivity contribution in [3.05, 3.63) is 12.2 Å². The van der Waals surface area contributed by atoms with Gasteiger partial charge in [-0.1, -0.05) is 12.2 Å². The molecule has 0 aliphatic heterocycles. The summed E-state index contributed by atoms with van der Waals surface area (Å²) in [4.78, 5) is 10.5. The number of nitrogens with two attached hydrogens (primary N) is 2. The molecule has 4 heteroatoms. The van der Waals surface area contributed by atoms with Crippen LogP contribution in [-0.4, -0.2) is 25.0 Å². The predicted molar refractivity (Wildman–Crippen MR) is 49.5 cm³/mol. The molecule has 0 aromatic heterocycles. The molecule has 0 heterocycles. The zero-order valence-electron chi connectivity index (χ0n) is 7.47. The quantitative estimate of drug-likeness (QED) is 0.465. The molecule has 1 atom stereocenters. The van der Waals surface area contributed by atoms with Gasteiger partial charge in [-0.3, -0.25) is 4.79 Å². The van der Waals surface area contributed by atoms with Gasteiger partial charge in [0.1, 0.15) is 0 Å². The first-order valence-electron chi connectivity index (χ1n) is 3.92. The molecular weight excluding hydrogens is 154 g/mol. The van der Waals surface area contributed by atoms with Crippen molar-refractivity contribution in [2.24, 2.45) is 11.5 Å². The largest absolute Gasteiger partial charge is 0.370 e. The fourth-order valence-corrected chi connectivity index (χ4v) is 0.800. The summed E-state index contributed by atoms with van der Waals surface area (Å²) >= 11 is 0. The molecule has 0 rings (SSSR count). The molecule has 0 radical (unpaired) electrons. The van der Waals surface area contributed by atoms with Crippen molar-refractivity contribution < 1.29 is 4.79 Å². The Kier molecular flexibility index (Phi) is 5.32. The number of amides is 1. The third kappa shape index (κ3) is 5.88. The number of primary amides is 1. The molecule has 70 valence electrons. The van der Waals surface area contributed by atoms with Crippen LogP contribution in [0, 0.1) is 0 Å². The molecule has 0 bridgehead atoms. The lowest BCUT2D eigenvalue weighted by Gasteiger charge is -2.14. The minimum absolute atomic E-state index is 0.0285. The molecule has 0 saturated carbocycles. The highest BCUT2D eigenvalue weighted by molar-refractivity contribution is 5.74. The van der Waals surface area contributed by atoms with Crippen LogP contribution < -0.4 is 16.8 Å². The highest BCUT2D eigenvalue weighted by Crippen LogP contribution is 1.90. The SMILES string of the molecule is C=C(C)CNC(CN)CC(N)=O. The monoisotopic (exact) mass is 171 g/mol. The zero-order chi connectivity index (χ0) is 9.56. The third-order valence-electron chi connectivity index (χ3n) is 1.42. The van der Waals surface area contributed by atoms with Crippen LogP contribution in [0.1, 0.15) is 13.3 Å². The summed E-state index contributed by atoms with van der Waals surface area (Å²) in [5.41, 5.74) is 11.4. The van der Waals surface area contributed by atoms with Crippen LogP contribution in [0.2, 0.25) is 0 Å². The van der Waals surface area contributed by atoms with E-state index in [4.69, 9.17) is 11.5 Å². The van der Waals surface area contributed by atoms with E-state index in [1.807, 2.05) is 6.92 Å². The van der Waals surface area contributed by atoms with Gasteiger partial charge in [-0.05, 0) is 6.92 Å². The van der Waals surface area contributed by atoms with Gasteiger partial charge >= 0.3 is 0 Å². The minimum Gasteiger partial charge on any atom is -0.370 e. The predicted octanol–water partition coefficient (Wildman–Crippen LogP) is -0.645. The zero-order valence-corrected chi connectivity index (χ0v) is 7.47. The van der Waals surface area contributed by atoms with E-state index in [9.17, 15) is 4.79 Å². The summed E-state index contributed by atoms with van der Waals surface area (Å²) in [6, 6.07) is -0.0285. The maximum Gasteiger partial charge on any atom is 0.219 e. The number of carbonyl (C=O) groups excluding carboxylic acids is 1. The summed E-state index contributed by atoms with van der Waals surface area (Å²) in [7, 11) is 0. The third-order valence-corrected chi connectivity index (χ3v) is 1.42. The number of carbonyl (C=O) groups is 1. The average Bonchev–Trinajstić information content (AvgIpc) is 1.97. The molecule has 0 aromatic rings. The van der Waals surface area contributed by atoms with Crippen molar-refractivity contribution in [1.82, 2.24) is 5.32 Å². The van der Waals surface area contributed by atoms with Gasteiger partial charge in [0.05, 0.1) is 0 Å². The molecule has 0 fully saturated rings. The van der Waals surface area contributed by atoms with E-state index in [-0.39, 0.29) is 18.4 Å². The van der Waals surface area contributed by atoms with E-state index >= 15 is 0 Å². The Bertz CT molecular complexity index is 168. The van der Waals surface area contributed by atoms with Gasteiger partial charge in [-0.25, -0.2) is 0 Å². The molecule has 12 heavy (non-hydrogen) atoms. The molecule has 1 amide bonds. The second kappa shape index (κ2) is 5.74. The van der Waals surface area contributed by atoms with Gasteiger partial charge in [0, 0.05) is 25.6 Å². The number of hydrogen-bond donors (Lipinski definition) is 3. The average molecular weight is 171 g/mol. The minimum atomic E-state index is -0.334. The summed E-state index contributed by atoms with van der Waals surface area (Å²) in [5, 5.41) is 3.07. The van der Waals surface area contributed by atoms with Crippen LogP contribution in [0.15, 0.2) is 12.2 Å². The maximum absolute atomic E-state index is 10.5. The van der Waals surface area contributed by atoms with Crippen molar-refractivity contribution in [3.8, 4) is 0 Å². The normalized spacial score (nSPS) is 12.5.